The lowest BCUT2D eigenvalue weighted by molar-refractivity contribution is 0.628. The Morgan fingerprint density at radius 2 is 1.90 bits per heavy atom. The number of anilines is 2. The number of benzene rings is 1. The molecule has 0 aliphatic carbocycles. The SMILES string of the molecule is CCCc1cc(CCl)cc(N(C)c2ccc(F)cc2)n1. The third-order valence-corrected chi connectivity index (χ3v) is 3.45. The van der Waals surface area contributed by atoms with E-state index in [1.807, 2.05) is 24.1 Å². The number of pyridine rings is 1. The van der Waals surface area contributed by atoms with Crippen LogP contribution in [0, 0.1) is 5.82 Å². The van der Waals surface area contributed by atoms with Crippen LogP contribution in [0.25, 0.3) is 0 Å². The molecule has 0 amide bonds. The van der Waals surface area contributed by atoms with Crippen LogP contribution < -0.4 is 4.90 Å². The second-order valence-electron chi connectivity index (χ2n) is 4.74. The van der Waals surface area contributed by atoms with Gasteiger partial charge in [-0.2, -0.15) is 0 Å². The molecule has 0 bridgehead atoms. The van der Waals surface area contributed by atoms with E-state index in [1.165, 1.54) is 12.1 Å². The Balaban J connectivity index is 2.34. The minimum Gasteiger partial charge on any atom is -0.329 e. The van der Waals surface area contributed by atoms with Crippen LogP contribution >= 0.6 is 11.6 Å². The highest BCUT2D eigenvalue weighted by molar-refractivity contribution is 6.17. The first kappa shape index (κ1) is 14.8. The number of alkyl halides is 1. The maximum absolute atomic E-state index is 13.0. The average Bonchev–Trinajstić information content (AvgIpc) is 2.47. The highest BCUT2D eigenvalue weighted by Gasteiger charge is 2.09. The van der Waals surface area contributed by atoms with E-state index in [2.05, 4.69) is 11.9 Å². The Morgan fingerprint density at radius 1 is 1.20 bits per heavy atom. The first-order valence-corrected chi connectivity index (χ1v) is 7.22. The quantitative estimate of drug-likeness (QED) is 0.744. The van der Waals surface area contributed by atoms with Crippen molar-refractivity contribution in [2.24, 2.45) is 0 Å². The smallest absolute Gasteiger partial charge is 0.133 e. The Bertz CT molecular complexity index is 569. The number of hydrogen-bond donors (Lipinski definition) is 0. The molecule has 0 aliphatic heterocycles. The van der Waals surface area contributed by atoms with Gasteiger partial charge in [-0.05, 0) is 48.4 Å². The molecule has 0 aliphatic rings. The van der Waals surface area contributed by atoms with Crippen LogP contribution in [0.15, 0.2) is 36.4 Å². The molecule has 4 heteroatoms. The predicted octanol–water partition coefficient (Wildman–Crippen LogP) is 4.68. The van der Waals surface area contributed by atoms with Crippen LogP contribution in [0.4, 0.5) is 15.9 Å². The molecule has 20 heavy (non-hydrogen) atoms. The Kier molecular flexibility index (Phi) is 4.96. The van der Waals surface area contributed by atoms with Gasteiger partial charge < -0.3 is 4.90 Å². The summed E-state index contributed by atoms with van der Waals surface area (Å²) in [7, 11) is 1.92. The van der Waals surface area contributed by atoms with E-state index in [9.17, 15) is 4.39 Å². The van der Waals surface area contributed by atoms with Crippen LogP contribution in [0.3, 0.4) is 0 Å². The summed E-state index contributed by atoms with van der Waals surface area (Å²) < 4.78 is 13.0. The van der Waals surface area contributed by atoms with Gasteiger partial charge in [0.2, 0.25) is 0 Å². The Labute approximate surface area is 124 Å². The van der Waals surface area contributed by atoms with Crippen LogP contribution in [0.1, 0.15) is 24.6 Å². The molecule has 1 heterocycles. The van der Waals surface area contributed by atoms with Gasteiger partial charge in [0.05, 0.1) is 0 Å². The van der Waals surface area contributed by atoms with Crippen LogP contribution in [-0.4, -0.2) is 12.0 Å². The molecule has 2 aromatic rings. The van der Waals surface area contributed by atoms with Crippen molar-refractivity contribution in [2.75, 3.05) is 11.9 Å². The largest absolute Gasteiger partial charge is 0.329 e. The van der Waals surface area contributed by atoms with E-state index in [-0.39, 0.29) is 5.82 Å². The minimum atomic E-state index is -0.240. The van der Waals surface area contributed by atoms with Crippen LogP contribution in [0.2, 0.25) is 0 Å². The fourth-order valence-corrected chi connectivity index (χ4v) is 2.22. The summed E-state index contributed by atoms with van der Waals surface area (Å²) in [5, 5.41) is 0. The standard InChI is InChI=1S/C16H18ClFN2/c1-3-4-14-9-12(11-17)10-16(19-14)20(2)15-7-5-13(18)6-8-15/h5-10H,3-4,11H2,1-2H3. The summed E-state index contributed by atoms with van der Waals surface area (Å²) in [4.78, 5) is 6.58. The molecule has 0 atom stereocenters. The number of aromatic nitrogens is 1. The summed E-state index contributed by atoms with van der Waals surface area (Å²) in [5.41, 5.74) is 2.98. The number of rotatable bonds is 5. The van der Waals surface area contributed by atoms with Crippen molar-refractivity contribution in [3.05, 3.63) is 53.5 Å². The van der Waals surface area contributed by atoms with Crippen molar-refractivity contribution in [3.8, 4) is 0 Å². The van der Waals surface area contributed by atoms with E-state index in [1.54, 1.807) is 12.1 Å². The molecule has 1 aromatic heterocycles. The van der Waals surface area contributed by atoms with Gasteiger partial charge in [0.1, 0.15) is 11.6 Å². The highest BCUT2D eigenvalue weighted by Crippen LogP contribution is 2.24. The highest BCUT2D eigenvalue weighted by atomic mass is 35.5. The Morgan fingerprint density at radius 3 is 2.50 bits per heavy atom. The van der Waals surface area contributed by atoms with Gasteiger partial charge in [-0.3, -0.25) is 0 Å². The summed E-state index contributed by atoms with van der Waals surface area (Å²) in [6.07, 6.45) is 1.97. The van der Waals surface area contributed by atoms with Crippen molar-refractivity contribution in [2.45, 2.75) is 25.6 Å². The lowest BCUT2D eigenvalue weighted by atomic mass is 10.1. The predicted molar refractivity (Wildman–Crippen MR) is 82.3 cm³/mol. The monoisotopic (exact) mass is 292 g/mol. The van der Waals surface area contributed by atoms with Crippen molar-refractivity contribution in [1.29, 1.82) is 0 Å². The Hall–Kier alpha value is -1.61. The van der Waals surface area contributed by atoms with E-state index in [0.29, 0.717) is 5.88 Å². The molecule has 0 saturated carbocycles. The van der Waals surface area contributed by atoms with Crippen LogP contribution in [-0.2, 0) is 12.3 Å². The van der Waals surface area contributed by atoms with Crippen LogP contribution in [0.5, 0.6) is 0 Å². The lowest BCUT2D eigenvalue weighted by Crippen LogP contribution is -2.12. The summed E-state index contributed by atoms with van der Waals surface area (Å²) in [6.45, 7) is 2.12. The maximum atomic E-state index is 13.0. The maximum Gasteiger partial charge on any atom is 0.133 e. The topological polar surface area (TPSA) is 16.1 Å². The van der Waals surface area contributed by atoms with Gasteiger partial charge in [-0.15, -0.1) is 11.6 Å². The molecule has 0 saturated heterocycles. The van der Waals surface area contributed by atoms with Gasteiger partial charge >= 0.3 is 0 Å². The molecule has 2 nitrogen and oxygen atoms in total. The molecule has 106 valence electrons. The number of nitrogens with zero attached hydrogens (tertiary/aromatic N) is 2. The molecule has 0 fully saturated rings. The van der Waals surface area contributed by atoms with Gasteiger partial charge in [0.25, 0.3) is 0 Å². The molecule has 0 radical (unpaired) electrons. The molecule has 0 N–H and O–H groups in total. The van der Waals surface area contributed by atoms with Crippen molar-refractivity contribution >= 4 is 23.1 Å². The first-order chi connectivity index (χ1) is 9.63. The summed E-state index contributed by atoms with van der Waals surface area (Å²) in [5.74, 6) is 1.05. The first-order valence-electron chi connectivity index (χ1n) is 6.69. The fraction of sp³-hybridized carbons (Fsp3) is 0.312. The minimum absolute atomic E-state index is 0.240. The number of halogens is 2. The molecule has 0 spiro atoms. The lowest BCUT2D eigenvalue weighted by Gasteiger charge is -2.20. The zero-order valence-corrected chi connectivity index (χ0v) is 12.5. The van der Waals surface area contributed by atoms with Gasteiger partial charge in [0, 0.05) is 24.3 Å². The van der Waals surface area contributed by atoms with E-state index >= 15 is 0 Å². The molecule has 2 rings (SSSR count). The van der Waals surface area contributed by atoms with Crippen molar-refractivity contribution in [3.63, 3.8) is 0 Å². The summed E-state index contributed by atoms with van der Waals surface area (Å²) >= 11 is 5.95. The molecule has 0 unspecified atom stereocenters. The zero-order chi connectivity index (χ0) is 14.5. The second-order valence-corrected chi connectivity index (χ2v) is 5.01. The molecular formula is C16H18ClFN2. The summed E-state index contributed by atoms with van der Waals surface area (Å²) in [6, 6.07) is 10.4. The van der Waals surface area contributed by atoms with E-state index in [4.69, 9.17) is 11.6 Å². The van der Waals surface area contributed by atoms with Crippen molar-refractivity contribution < 1.29 is 4.39 Å². The van der Waals surface area contributed by atoms with Gasteiger partial charge in [-0.25, -0.2) is 9.37 Å². The zero-order valence-electron chi connectivity index (χ0n) is 11.7. The van der Waals surface area contributed by atoms with Gasteiger partial charge in [-0.1, -0.05) is 13.3 Å². The van der Waals surface area contributed by atoms with Crippen molar-refractivity contribution in [1.82, 2.24) is 4.98 Å². The van der Waals surface area contributed by atoms with Gasteiger partial charge in [0.15, 0.2) is 0 Å². The fourth-order valence-electron chi connectivity index (χ4n) is 2.06. The normalized spacial score (nSPS) is 10.6. The molecular weight excluding hydrogens is 275 g/mol. The second kappa shape index (κ2) is 6.71. The van der Waals surface area contributed by atoms with E-state index < -0.39 is 0 Å². The third-order valence-electron chi connectivity index (χ3n) is 3.14. The average molecular weight is 293 g/mol. The van der Waals surface area contributed by atoms with E-state index in [0.717, 1.165) is 35.6 Å². The number of aryl methyl sites for hydroxylation is 1. The third kappa shape index (κ3) is 3.48. The molecule has 1 aromatic carbocycles. The number of hydrogen-bond acceptors (Lipinski definition) is 2.